The standard InChI is InChI=1S/C18H18F3NO4/c19-18(20,21)26-14-5-1-4-13(10-14)12-25-15-6-2-8-22(11-15)17(23)16-7-3-9-24-16/h1,3-5,7,9-10,15H,2,6,8,11-12H2. The number of likely N-dealkylation sites (tertiary alicyclic amines) is 1. The van der Waals surface area contributed by atoms with E-state index in [4.69, 9.17) is 9.15 Å². The maximum atomic E-state index is 12.3. The molecule has 8 heteroatoms. The van der Waals surface area contributed by atoms with E-state index in [-0.39, 0.29) is 30.1 Å². The van der Waals surface area contributed by atoms with Gasteiger partial charge in [0, 0.05) is 13.1 Å². The number of furan rings is 1. The predicted octanol–water partition coefficient (Wildman–Crippen LogP) is 4.00. The van der Waals surface area contributed by atoms with Crippen molar-refractivity contribution in [2.45, 2.75) is 31.9 Å². The molecular weight excluding hydrogens is 351 g/mol. The van der Waals surface area contributed by atoms with Gasteiger partial charge >= 0.3 is 6.36 Å². The zero-order valence-electron chi connectivity index (χ0n) is 13.9. The first-order valence-corrected chi connectivity index (χ1v) is 8.20. The number of alkyl halides is 3. The van der Waals surface area contributed by atoms with Gasteiger partial charge < -0.3 is 18.8 Å². The fraction of sp³-hybridized carbons (Fsp3) is 0.389. The van der Waals surface area contributed by atoms with Crippen LogP contribution in [-0.4, -0.2) is 36.4 Å². The van der Waals surface area contributed by atoms with Crippen molar-refractivity contribution in [1.82, 2.24) is 4.90 Å². The minimum Gasteiger partial charge on any atom is -0.459 e. The molecule has 1 unspecified atom stereocenters. The molecule has 2 aromatic rings. The van der Waals surface area contributed by atoms with Crippen LogP contribution >= 0.6 is 0 Å². The number of nitrogens with zero attached hydrogens (tertiary/aromatic N) is 1. The van der Waals surface area contributed by atoms with Gasteiger partial charge in [-0.2, -0.15) is 0 Å². The Balaban J connectivity index is 1.54. The highest BCUT2D eigenvalue weighted by atomic mass is 19.4. The maximum Gasteiger partial charge on any atom is 0.573 e. The van der Waals surface area contributed by atoms with Crippen LogP contribution in [0.4, 0.5) is 13.2 Å². The molecule has 0 aliphatic carbocycles. The second-order valence-electron chi connectivity index (χ2n) is 6.00. The van der Waals surface area contributed by atoms with Crippen LogP contribution in [-0.2, 0) is 11.3 Å². The summed E-state index contributed by atoms with van der Waals surface area (Å²) in [6, 6.07) is 8.94. The molecule has 3 rings (SSSR count). The molecular formula is C18H18F3NO4. The number of halogens is 3. The van der Waals surface area contributed by atoms with E-state index in [0.717, 1.165) is 12.8 Å². The van der Waals surface area contributed by atoms with Crippen LogP contribution in [0.5, 0.6) is 5.75 Å². The van der Waals surface area contributed by atoms with Crippen LogP contribution in [0.1, 0.15) is 29.0 Å². The van der Waals surface area contributed by atoms with Crippen LogP contribution in [0.25, 0.3) is 0 Å². The Kier molecular flexibility index (Phi) is 5.51. The third-order valence-corrected chi connectivity index (χ3v) is 4.02. The van der Waals surface area contributed by atoms with E-state index in [1.54, 1.807) is 23.1 Å². The average molecular weight is 369 g/mol. The van der Waals surface area contributed by atoms with Crippen molar-refractivity contribution in [3.63, 3.8) is 0 Å². The Labute approximate surface area is 148 Å². The Bertz CT molecular complexity index is 730. The van der Waals surface area contributed by atoms with Gasteiger partial charge in [-0.25, -0.2) is 0 Å². The summed E-state index contributed by atoms with van der Waals surface area (Å²) in [5, 5.41) is 0. The van der Waals surface area contributed by atoms with E-state index < -0.39 is 6.36 Å². The van der Waals surface area contributed by atoms with Crippen LogP contribution in [0, 0.1) is 0 Å². The minimum absolute atomic E-state index is 0.141. The van der Waals surface area contributed by atoms with E-state index in [9.17, 15) is 18.0 Å². The average Bonchev–Trinajstić information content (AvgIpc) is 3.13. The predicted molar refractivity (Wildman–Crippen MR) is 85.5 cm³/mol. The van der Waals surface area contributed by atoms with E-state index >= 15 is 0 Å². The summed E-state index contributed by atoms with van der Waals surface area (Å²) in [5.74, 6) is -0.191. The van der Waals surface area contributed by atoms with Crippen LogP contribution < -0.4 is 4.74 Å². The van der Waals surface area contributed by atoms with Gasteiger partial charge in [0.2, 0.25) is 0 Å². The molecule has 2 heterocycles. The molecule has 0 saturated carbocycles. The molecule has 140 valence electrons. The Hall–Kier alpha value is -2.48. The van der Waals surface area contributed by atoms with Crippen molar-refractivity contribution in [2.24, 2.45) is 0 Å². The Morgan fingerprint density at radius 1 is 1.27 bits per heavy atom. The number of ether oxygens (including phenoxy) is 2. The number of piperidine rings is 1. The van der Waals surface area contributed by atoms with Crippen LogP contribution in [0.3, 0.4) is 0 Å². The quantitative estimate of drug-likeness (QED) is 0.799. The number of rotatable bonds is 5. The molecule has 1 atom stereocenters. The highest BCUT2D eigenvalue weighted by molar-refractivity contribution is 5.91. The lowest BCUT2D eigenvalue weighted by Crippen LogP contribution is -2.43. The van der Waals surface area contributed by atoms with E-state index in [1.165, 1.54) is 24.5 Å². The van der Waals surface area contributed by atoms with Gasteiger partial charge in [0.1, 0.15) is 5.75 Å². The molecule has 1 aliphatic rings. The maximum absolute atomic E-state index is 12.3. The summed E-state index contributed by atoms with van der Waals surface area (Å²) < 4.78 is 51.7. The van der Waals surface area contributed by atoms with Crippen molar-refractivity contribution in [3.05, 3.63) is 54.0 Å². The Morgan fingerprint density at radius 3 is 2.85 bits per heavy atom. The number of hydrogen-bond donors (Lipinski definition) is 0. The number of amides is 1. The number of hydrogen-bond acceptors (Lipinski definition) is 4. The molecule has 5 nitrogen and oxygen atoms in total. The van der Waals surface area contributed by atoms with Gasteiger partial charge in [0.05, 0.1) is 19.0 Å². The fourth-order valence-corrected chi connectivity index (χ4v) is 2.86. The first-order valence-electron chi connectivity index (χ1n) is 8.20. The molecule has 1 saturated heterocycles. The first-order chi connectivity index (χ1) is 12.4. The topological polar surface area (TPSA) is 51.9 Å². The van der Waals surface area contributed by atoms with Gasteiger partial charge in [-0.05, 0) is 42.7 Å². The van der Waals surface area contributed by atoms with Crippen molar-refractivity contribution in [1.29, 1.82) is 0 Å². The first kappa shape index (κ1) is 18.3. The zero-order chi connectivity index (χ0) is 18.6. The smallest absolute Gasteiger partial charge is 0.459 e. The van der Waals surface area contributed by atoms with Gasteiger partial charge in [-0.3, -0.25) is 4.79 Å². The second kappa shape index (κ2) is 7.82. The number of benzene rings is 1. The third kappa shape index (κ3) is 5.01. The van der Waals surface area contributed by atoms with Gasteiger partial charge in [0.15, 0.2) is 5.76 Å². The molecule has 0 N–H and O–H groups in total. The highest BCUT2D eigenvalue weighted by Crippen LogP contribution is 2.24. The Morgan fingerprint density at radius 2 is 2.12 bits per heavy atom. The van der Waals surface area contributed by atoms with Crippen LogP contribution in [0.2, 0.25) is 0 Å². The van der Waals surface area contributed by atoms with E-state index in [2.05, 4.69) is 4.74 Å². The monoisotopic (exact) mass is 369 g/mol. The van der Waals surface area contributed by atoms with Crippen LogP contribution in [0.15, 0.2) is 47.1 Å². The second-order valence-corrected chi connectivity index (χ2v) is 6.00. The van der Waals surface area contributed by atoms with Crippen molar-refractivity contribution in [2.75, 3.05) is 13.1 Å². The van der Waals surface area contributed by atoms with Crippen molar-refractivity contribution in [3.8, 4) is 5.75 Å². The summed E-state index contributed by atoms with van der Waals surface area (Å²) in [5.41, 5.74) is 0.571. The SMILES string of the molecule is O=C(c1ccco1)N1CCCC(OCc2cccc(OC(F)(F)F)c2)C1. The number of carbonyl (C=O) groups excluding carboxylic acids is 1. The molecule has 1 aromatic carbocycles. The molecule has 1 fully saturated rings. The lowest BCUT2D eigenvalue weighted by atomic mass is 10.1. The minimum atomic E-state index is -4.73. The molecule has 1 aliphatic heterocycles. The summed E-state index contributed by atoms with van der Waals surface area (Å²) in [6.45, 7) is 1.18. The van der Waals surface area contributed by atoms with Gasteiger partial charge in [-0.15, -0.1) is 13.2 Å². The summed E-state index contributed by atoms with van der Waals surface area (Å²) in [4.78, 5) is 14.0. The van der Waals surface area contributed by atoms with E-state index in [1.807, 2.05) is 0 Å². The molecule has 0 bridgehead atoms. The molecule has 1 amide bonds. The normalized spacial score (nSPS) is 18.0. The molecule has 0 spiro atoms. The third-order valence-electron chi connectivity index (χ3n) is 4.02. The molecule has 26 heavy (non-hydrogen) atoms. The summed E-state index contributed by atoms with van der Waals surface area (Å²) >= 11 is 0. The summed E-state index contributed by atoms with van der Waals surface area (Å²) in [7, 11) is 0. The largest absolute Gasteiger partial charge is 0.573 e. The lowest BCUT2D eigenvalue weighted by molar-refractivity contribution is -0.274. The number of carbonyl (C=O) groups is 1. The van der Waals surface area contributed by atoms with Gasteiger partial charge in [0.25, 0.3) is 5.91 Å². The highest BCUT2D eigenvalue weighted by Gasteiger charge is 2.31. The zero-order valence-corrected chi connectivity index (χ0v) is 13.9. The molecule has 0 radical (unpaired) electrons. The van der Waals surface area contributed by atoms with Crippen molar-refractivity contribution < 1.29 is 31.9 Å². The molecule has 1 aromatic heterocycles. The van der Waals surface area contributed by atoms with Crippen molar-refractivity contribution >= 4 is 5.91 Å². The van der Waals surface area contributed by atoms with Gasteiger partial charge in [-0.1, -0.05) is 12.1 Å². The fourth-order valence-electron chi connectivity index (χ4n) is 2.86. The summed E-state index contributed by atoms with van der Waals surface area (Å²) in [6.07, 6.45) is -1.90. The lowest BCUT2D eigenvalue weighted by Gasteiger charge is -2.32. The van der Waals surface area contributed by atoms with E-state index in [0.29, 0.717) is 18.7 Å².